The molecule has 0 unspecified atom stereocenters. The zero-order valence-corrected chi connectivity index (χ0v) is 13.4. The van der Waals surface area contributed by atoms with Crippen LogP contribution in [0.3, 0.4) is 0 Å². The molecule has 3 aromatic carbocycles. The fraction of sp³-hybridized carbons (Fsp3) is 0.0952. The molecule has 2 nitrogen and oxygen atoms in total. The Hall–Kier alpha value is -3.01. The van der Waals surface area contributed by atoms with E-state index in [9.17, 15) is 8.78 Å². The number of anilines is 2. The van der Waals surface area contributed by atoms with Crippen molar-refractivity contribution < 1.29 is 13.3 Å². The molecule has 0 N–H and O–H groups in total. The highest BCUT2D eigenvalue weighted by Gasteiger charge is 2.34. The number of hydrogen-bond acceptors (Lipinski definition) is 1. The van der Waals surface area contributed by atoms with E-state index in [2.05, 4.69) is 33.7 Å². The average Bonchev–Trinajstić information content (AvgIpc) is 3.10. The maximum atomic E-state index is 13.8. The summed E-state index contributed by atoms with van der Waals surface area (Å²) < 4.78 is 29.4. The van der Waals surface area contributed by atoms with Crippen molar-refractivity contribution in [3.05, 3.63) is 78.4 Å². The highest BCUT2D eigenvalue weighted by atomic mass is 19.2. The number of rotatable bonds is 1. The van der Waals surface area contributed by atoms with Crippen molar-refractivity contribution in [3.63, 3.8) is 0 Å². The maximum Gasteiger partial charge on any atom is 0.290 e. The molecule has 0 saturated heterocycles. The molecule has 0 aliphatic carbocycles. The lowest BCUT2D eigenvalue weighted by molar-refractivity contribution is -0.643. The summed E-state index contributed by atoms with van der Waals surface area (Å²) in [6, 6.07) is 20.7. The molecule has 0 fully saturated rings. The summed E-state index contributed by atoms with van der Waals surface area (Å²) in [5.74, 6) is -0.611. The van der Waals surface area contributed by atoms with Gasteiger partial charge in [0.2, 0.25) is 0 Å². The zero-order chi connectivity index (χ0) is 17.0. The Balaban J connectivity index is 1.85. The van der Waals surface area contributed by atoms with E-state index in [1.54, 1.807) is 6.07 Å². The molecule has 0 bridgehead atoms. The van der Waals surface area contributed by atoms with E-state index in [4.69, 9.17) is 0 Å². The van der Waals surface area contributed by atoms with E-state index in [0.29, 0.717) is 5.69 Å². The molecular weight excluding hydrogens is 318 g/mol. The van der Waals surface area contributed by atoms with Crippen LogP contribution in [0.15, 0.2) is 66.7 Å². The number of para-hydroxylation sites is 1. The standard InChI is InChI=1S/C21H15F2N2/c22-18-10-9-14(13-19(18)23)24-11-12-25-20-8-4-3-6-16(20)15-5-1-2-7-17(15)21(24)25/h1-10,13H,11-12H2/q+1. The second-order valence-electron chi connectivity index (χ2n) is 6.29. The van der Waals surface area contributed by atoms with Crippen molar-refractivity contribution >= 4 is 33.2 Å². The van der Waals surface area contributed by atoms with Gasteiger partial charge in [0.1, 0.15) is 24.3 Å². The van der Waals surface area contributed by atoms with Crippen molar-refractivity contribution in [2.45, 2.75) is 6.54 Å². The summed E-state index contributed by atoms with van der Waals surface area (Å²) in [4.78, 5) is 2.07. The number of fused-ring (bicyclic) bond motifs is 6. The largest absolute Gasteiger partial charge is 0.290 e. The first-order chi connectivity index (χ1) is 12.2. The van der Waals surface area contributed by atoms with Crippen LogP contribution in [0.1, 0.15) is 0 Å². The molecule has 0 amide bonds. The van der Waals surface area contributed by atoms with Crippen LogP contribution in [0.25, 0.3) is 21.7 Å². The second-order valence-corrected chi connectivity index (χ2v) is 6.29. The molecule has 0 atom stereocenters. The Labute approximate surface area is 143 Å². The third-order valence-corrected chi connectivity index (χ3v) is 4.93. The predicted molar refractivity (Wildman–Crippen MR) is 95.0 cm³/mol. The molecule has 122 valence electrons. The van der Waals surface area contributed by atoms with Gasteiger partial charge in [0.25, 0.3) is 5.82 Å². The molecule has 0 spiro atoms. The van der Waals surface area contributed by atoms with Gasteiger partial charge in [-0.15, -0.1) is 0 Å². The van der Waals surface area contributed by atoms with Gasteiger partial charge in [-0.2, -0.15) is 0 Å². The smallest absolute Gasteiger partial charge is 0.223 e. The van der Waals surface area contributed by atoms with Crippen LogP contribution in [0.5, 0.6) is 0 Å². The Bertz CT molecular complexity index is 1140. The van der Waals surface area contributed by atoms with Crippen LogP contribution in [0.2, 0.25) is 0 Å². The first-order valence-corrected chi connectivity index (χ1v) is 8.30. The predicted octanol–water partition coefficient (Wildman–Crippen LogP) is 4.71. The van der Waals surface area contributed by atoms with Gasteiger partial charge < -0.3 is 0 Å². The second kappa shape index (κ2) is 5.24. The van der Waals surface area contributed by atoms with Crippen LogP contribution in [-0.4, -0.2) is 6.54 Å². The number of hydrogen-bond donors (Lipinski definition) is 0. The van der Waals surface area contributed by atoms with E-state index >= 15 is 0 Å². The quantitative estimate of drug-likeness (QED) is 0.361. The molecule has 1 aliphatic rings. The molecule has 5 rings (SSSR count). The van der Waals surface area contributed by atoms with Crippen molar-refractivity contribution in [1.29, 1.82) is 0 Å². The Morgan fingerprint density at radius 1 is 0.760 bits per heavy atom. The van der Waals surface area contributed by atoms with Gasteiger partial charge in [-0.1, -0.05) is 36.4 Å². The lowest BCUT2D eigenvalue weighted by Crippen LogP contribution is -2.32. The Morgan fingerprint density at radius 3 is 2.28 bits per heavy atom. The fourth-order valence-corrected chi connectivity index (χ4v) is 3.84. The van der Waals surface area contributed by atoms with Gasteiger partial charge >= 0.3 is 0 Å². The van der Waals surface area contributed by atoms with Crippen molar-refractivity contribution in [2.75, 3.05) is 11.4 Å². The first-order valence-electron chi connectivity index (χ1n) is 8.30. The number of nitrogens with zero attached hydrogens (tertiary/aromatic N) is 2. The summed E-state index contributed by atoms with van der Waals surface area (Å²) in [5.41, 5.74) is 1.83. The molecule has 0 saturated carbocycles. The van der Waals surface area contributed by atoms with E-state index in [1.807, 2.05) is 24.3 Å². The average molecular weight is 333 g/mol. The Kier molecular flexibility index (Phi) is 3.01. The minimum absolute atomic E-state index is 0.672. The number of halogens is 2. The molecule has 4 aromatic rings. The number of benzene rings is 3. The van der Waals surface area contributed by atoms with Crippen LogP contribution in [0, 0.1) is 11.6 Å². The van der Waals surface area contributed by atoms with E-state index in [1.165, 1.54) is 22.9 Å². The number of pyridine rings is 1. The third-order valence-electron chi connectivity index (χ3n) is 4.93. The van der Waals surface area contributed by atoms with Gasteiger partial charge in [-0.05, 0) is 24.3 Å². The molecule has 1 aliphatic heterocycles. The first kappa shape index (κ1) is 14.3. The van der Waals surface area contributed by atoms with Crippen LogP contribution in [-0.2, 0) is 6.54 Å². The normalized spacial score (nSPS) is 13.6. The summed E-state index contributed by atoms with van der Waals surface area (Å²) in [7, 11) is 0. The number of aromatic nitrogens is 1. The van der Waals surface area contributed by atoms with Crippen LogP contribution in [0.4, 0.5) is 20.3 Å². The van der Waals surface area contributed by atoms with Crippen molar-refractivity contribution in [3.8, 4) is 0 Å². The van der Waals surface area contributed by atoms with Gasteiger partial charge in [-0.25, -0.2) is 18.2 Å². The molecule has 4 heteroatoms. The zero-order valence-electron chi connectivity index (χ0n) is 13.4. The summed E-state index contributed by atoms with van der Waals surface area (Å²) >= 11 is 0. The molecule has 1 aromatic heterocycles. The molecule has 0 radical (unpaired) electrons. The molecule has 25 heavy (non-hydrogen) atoms. The Morgan fingerprint density at radius 2 is 1.48 bits per heavy atom. The topological polar surface area (TPSA) is 7.12 Å². The van der Waals surface area contributed by atoms with Crippen LogP contribution < -0.4 is 9.47 Å². The van der Waals surface area contributed by atoms with E-state index in [0.717, 1.165) is 29.8 Å². The lowest BCUT2D eigenvalue weighted by Gasteiger charge is -2.14. The van der Waals surface area contributed by atoms with E-state index in [-0.39, 0.29) is 0 Å². The summed E-state index contributed by atoms with van der Waals surface area (Å²) in [6.45, 7) is 1.53. The van der Waals surface area contributed by atoms with Gasteiger partial charge in [0.15, 0.2) is 11.6 Å². The van der Waals surface area contributed by atoms with Gasteiger partial charge in [-0.3, -0.25) is 0 Å². The van der Waals surface area contributed by atoms with E-state index < -0.39 is 11.6 Å². The highest BCUT2D eigenvalue weighted by Crippen LogP contribution is 2.36. The minimum atomic E-state index is -0.820. The van der Waals surface area contributed by atoms with Crippen molar-refractivity contribution in [1.82, 2.24) is 0 Å². The van der Waals surface area contributed by atoms with Crippen molar-refractivity contribution in [2.24, 2.45) is 0 Å². The minimum Gasteiger partial charge on any atom is -0.223 e. The SMILES string of the molecule is Fc1ccc(N2CC[n+]3c2c2ccccc2c2ccccc23)cc1F. The third kappa shape index (κ3) is 2.03. The van der Waals surface area contributed by atoms with Crippen LogP contribution >= 0.6 is 0 Å². The molecular formula is C21H15F2N2+. The van der Waals surface area contributed by atoms with Gasteiger partial charge in [0.05, 0.1) is 5.39 Å². The monoisotopic (exact) mass is 333 g/mol. The van der Waals surface area contributed by atoms with Gasteiger partial charge in [0, 0.05) is 16.8 Å². The highest BCUT2D eigenvalue weighted by molar-refractivity contribution is 6.08. The summed E-state index contributed by atoms with van der Waals surface area (Å²) in [5, 5.41) is 3.48. The molecule has 2 heterocycles. The summed E-state index contributed by atoms with van der Waals surface area (Å²) in [6.07, 6.45) is 0. The lowest BCUT2D eigenvalue weighted by atomic mass is 10.1. The fourth-order valence-electron chi connectivity index (χ4n) is 3.84. The maximum absolute atomic E-state index is 13.8.